The Morgan fingerprint density at radius 2 is 1.78 bits per heavy atom. The summed E-state index contributed by atoms with van der Waals surface area (Å²) in [5, 5.41) is 0. The molecule has 0 aliphatic carbocycles. The van der Waals surface area contributed by atoms with Crippen LogP contribution in [0.5, 0.6) is 11.5 Å². The van der Waals surface area contributed by atoms with E-state index in [1.807, 2.05) is 28.8 Å². The van der Waals surface area contributed by atoms with E-state index in [2.05, 4.69) is 31.0 Å². The van der Waals surface area contributed by atoms with Crippen molar-refractivity contribution in [3.05, 3.63) is 53.9 Å². The molecule has 6 heteroatoms. The Morgan fingerprint density at radius 3 is 2.44 bits per heavy atom. The highest BCUT2D eigenvalue weighted by Gasteiger charge is 2.16. The minimum atomic E-state index is -0.427. The minimum absolute atomic E-state index is 0.246. The van der Waals surface area contributed by atoms with Crippen LogP contribution in [-0.2, 0) is 16.1 Å². The maximum atomic E-state index is 11.5. The van der Waals surface area contributed by atoms with Crippen LogP contribution in [0.4, 0.5) is 0 Å². The van der Waals surface area contributed by atoms with Gasteiger partial charge in [-0.2, -0.15) is 0 Å². The molecule has 0 spiro atoms. The third-order valence-electron chi connectivity index (χ3n) is 4.46. The first-order valence-electron chi connectivity index (χ1n) is 8.82. The highest BCUT2D eigenvalue weighted by molar-refractivity contribution is 5.77. The molecule has 3 aromatic rings. The molecule has 1 heterocycles. The van der Waals surface area contributed by atoms with E-state index < -0.39 is 6.10 Å². The molecule has 0 bridgehead atoms. The third kappa shape index (κ3) is 4.58. The van der Waals surface area contributed by atoms with Gasteiger partial charge in [0, 0.05) is 6.92 Å². The number of carbonyl (C=O) groups is 1. The molecule has 142 valence electrons. The van der Waals surface area contributed by atoms with Crippen molar-refractivity contribution in [3.8, 4) is 11.5 Å². The first-order chi connectivity index (χ1) is 13.0. The number of ether oxygens (including phenoxy) is 3. The Bertz CT molecular complexity index is 931. The predicted molar refractivity (Wildman–Crippen MR) is 103 cm³/mol. The number of nitrogens with zero attached hydrogens (tertiary/aromatic N) is 2. The van der Waals surface area contributed by atoms with Gasteiger partial charge in [-0.1, -0.05) is 0 Å². The highest BCUT2D eigenvalue weighted by Crippen LogP contribution is 2.20. The van der Waals surface area contributed by atoms with Crippen LogP contribution in [-0.4, -0.2) is 35.3 Å². The molecule has 1 aromatic heterocycles. The van der Waals surface area contributed by atoms with Crippen molar-refractivity contribution in [2.24, 2.45) is 0 Å². The first-order valence-corrected chi connectivity index (χ1v) is 8.82. The van der Waals surface area contributed by atoms with E-state index in [-0.39, 0.29) is 12.6 Å². The minimum Gasteiger partial charge on any atom is -0.497 e. The summed E-state index contributed by atoms with van der Waals surface area (Å²) in [6, 6.07) is 11.5. The summed E-state index contributed by atoms with van der Waals surface area (Å²) in [7, 11) is 1.62. The summed E-state index contributed by atoms with van der Waals surface area (Å²) in [5.41, 5.74) is 4.34. The van der Waals surface area contributed by atoms with E-state index >= 15 is 0 Å². The van der Waals surface area contributed by atoms with E-state index in [0.29, 0.717) is 12.3 Å². The van der Waals surface area contributed by atoms with Crippen LogP contribution in [0.1, 0.15) is 18.1 Å². The number of fused-ring (bicyclic) bond motifs is 1. The molecule has 3 rings (SSSR count). The average Bonchev–Trinajstić information content (AvgIpc) is 3.01. The molecule has 0 amide bonds. The topological polar surface area (TPSA) is 62.6 Å². The summed E-state index contributed by atoms with van der Waals surface area (Å²) >= 11 is 0. The lowest BCUT2D eigenvalue weighted by Crippen LogP contribution is -2.28. The van der Waals surface area contributed by atoms with Crippen molar-refractivity contribution in [1.82, 2.24) is 9.55 Å². The van der Waals surface area contributed by atoms with Crippen molar-refractivity contribution in [2.75, 3.05) is 13.7 Å². The van der Waals surface area contributed by atoms with Gasteiger partial charge in [0.05, 0.1) is 31.0 Å². The molecule has 0 fully saturated rings. The second kappa shape index (κ2) is 8.12. The number of aryl methyl sites for hydroxylation is 2. The summed E-state index contributed by atoms with van der Waals surface area (Å²) in [5.74, 6) is 1.11. The van der Waals surface area contributed by atoms with Crippen LogP contribution in [0, 0.1) is 13.8 Å². The van der Waals surface area contributed by atoms with Gasteiger partial charge in [0.2, 0.25) is 0 Å². The van der Waals surface area contributed by atoms with Gasteiger partial charge in [-0.3, -0.25) is 4.79 Å². The first kappa shape index (κ1) is 18.8. The van der Waals surface area contributed by atoms with Crippen molar-refractivity contribution < 1.29 is 19.0 Å². The smallest absolute Gasteiger partial charge is 0.303 e. The molecular weight excluding hydrogens is 344 g/mol. The molecule has 27 heavy (non-hydrogen) atoms. The summed E-state index contributed by atoms with van der Waals surface area (Å²) < 4.78 is 18.4. The quantitative estimate of drug-likeness (QED) is 0.596. The highest BCUT2D eigenvalue weighted by atomic mass is 16.6. The number of rotatable bonds is 7. The zero-order valence-corrected chi connectivity index (χ0v) is 16.1. The molecule has 0 radical (unpaired) electrons. The lowest BCUT2D eigenvalue weighted by Gasteiger charge is -2.19. The molecule has 0 aliphatic heterocycles. The van der Waals surface area contributed by atoms with Gasteiger partial charge in [-0.15, -0.1) is 0 Å². The standard InChI is InChI=1S/C21H24N2O4/c1-14-9-20-21(10-15(14)2)23(13-22-20)11-19(27-16(3)24)12-26-18-7-5-17(25-4)6-8-18/h5-10,13,19H,11-12H2,1-4H3/t19-/m0/s1. The van der Waals surface area contributed by atoms with E-state index in [0.717, 1.165) is 16.8 Å². The number of benzene rings is 2. The van der Waals surface area contributed by atoms with Gasteiger partial charge in [0.1, 0.15) is 18.1 Å². The molecule has 0 saturated heterocycles. The Balaban J connectivity index is 1.74. The van der Waals surface area contributed by atoms with Crippen LogP contribution < -0.4 is 9.47 Å². The molecule has 0 unspecified atom stereocenters. The van der Waals surface area contributed by atoms with E-state index in [4.69, 9.17) is 14.2 Å². The van der Waals surface area contributed by atoms with Crippen molar-refractivity contribution in [3.63, 3.8) is 0 Å². The molecule has 0 N–H and O–H groups in total. The Morgan fingerprint density at radius 1 is 1.11 bits per heavy atom. The second-order valence-electron chi connectivity index (χ2n) is 6.54. The molecule has 6 nitrogen and oxygen atoms in total. The molecule has 0 saturated carbocycles. The van der Waals surface area contributed by atoms with Crippen LogP contribution >= 0.6 is 0 Å². The van der Waals surface area contributed by atoms with Crippen molar-refractivity contribution in [1.29, 1.82) is 0 Å². The van der Waals surface area contributed by atoms with Crippen LogP contribution in [0.15, 0.2) is 42.7 Å². The van der Waals surface area contributed by atoms with Gasteiger partial charge in [-0.05, 0) is 61.4 Å². The fourth-order valence-electron chi connectivity index (χ4n) is 2.90. The van der Waals surface area contributed by atoms with Gasteiger partial charge in [-0.25, -0.2) is 4.98 Å². The Labute approximate surface area is 158 Å². The number of hydrogen-bond acceptors (Lipinski definition) is 5. The van der Waals surface area contributed by atoms with Crippen LogP contribution in [0.25, 0.3) is 11.0 Å². The lowest BCUT2D eigenvalue weighted by molar-refractivity contribution is -0.148. The zero-order valence-electron chi connectivity index (χ0n) is 16.1. The van der Waals surface area contributed by atoms with Crippen LogP contribution in [0.3, 0.4) is 0 Å². The molecule has 0 aliphatic rings. The SMILES string of the molecule is COc1ccc(OC[C@H](Cn2cnc3cc(C)c(C)cc32)OC(C)=O)cc1. The van der Waals surface area contributed by atoms with E-state index in [9.17, 15) is 4.79 Å². The normalized spacial score (nSPS) is 12.0. The summed E-state index contributed by atoms with van der Waals surface area (Å²) in [6.45, 7) is 6.26. The third-order valence-corrected chi connectivity index (χ3v) is 4.46. The largest absolute Gasteiger partial charge is 0.497 e. The monoisotopic (exact) mass is 368 g/mol. The number of hydrogen-bond donors (Lipinski definition) is 0. The Kier molecular flexibility index (Phi) is 5.64. The average molecular weight is 368 g/mol. The summed E-state index contributed by atoms with van der Waals surface area (Å²) in [4.78, 5) is 16.0. The Hall–Kier alpha value is -3.02. The number of methoxy groups -OCH3 is 1. The summed E-state index contributed by atoms with van der Waals surface area (Å²) in [6.07, 6.45) is 1.34. The second-order valence-corrected chi connectivity index (χ2v) is 6.54. The van der Waals surface area contributed by atoms with Crippen LogP contribution in [0.2, 0.25) is 0 Å². The molecular formula is C21H24N2O4. The number of imidazole rings is 1. The molecule has 1 atom stereocenters. The van der Waals surface area contributed by atoms with Gasteiger partial charge < -0.3 is 18.8 Å². The maximum absolute atomic E-state index is 11.5. The fourth-order valence-corrected chi connectivity index (χ4v) is 2.90. The van der Waals surface area contributed by atoms with Gasteiger partial charge in [0.15, 0.2) is 6.10 Å². The zero-order chi connectivity index (χ0) is 19.4. The van der Waals surface area contributed by atoms with Gasteiger partial charge >= 0.3 is 5.97 Å². The van der Waals surface area contributed by atoms with E-state index in [1.54, 1.807) is 13.4 Å². The van der Waals surface area contributed by atoms with Crippen molar-refractivity contribution >= 4 is 17.0 Å². The molecule has 2 aromatic carbocycles. The fraction of sp³-hybridized carbons (Fsp3) is 0.333. The number of esters is 1. The number of carbonyl (C=O) groups excluding carboxylic acids is 1. The predicted octanol–water partition coefficient (Wildman–Crippen LogP) is 3.67. The van der Waals surface area contributed by atoms with Gasteiger partial charge in [0.25, 0.3) is 0 Å². The lowest BCUT2D eigenvalue weighted by atomic mass is 10.1. The maximum Gasteiger partial charge on any atom is 0.303 e. The number of aromatic nitrogens is 2. The van der Waals surface area contributed by atoms with Crippen molar-refractivity contribution in [2.45, 2.75) is 33.4 Å². The van der Waals surface area contributed by atoms with E-state index in [1.165, 1.54) is 18.1 Å².